The van der Waals surface area contributed by atoms with E-state index in [4.69, 9.17) is 16.3 Å². The normalized spacial score (nSPS) is 24.9. The Balaban J connectivity index is 1.20. The zero-order valence-electron chi connectivity index (χ0n) is 22.0. The summed E-state index contributed by atoms with van der Waals surface area (Å²) in [5.74, 6) is 0.913. The average Bonchev–Trinajstić information content (AvgIpc) is 3.52. The number of thiophene rings is 1. The molecular formula is C32H33ClN2O3S. The molecular weight excluding hydrogens is 528 g/mol. The number of ether oxygens (including phenoxy) is 1. The van der Waals surface area contributed by atoms with Gasteiger partial charge in [-0.3, -0.25) is 0 Å². The maximum Gasteiger partial charge on any atom is 0.329 e. The molecule has 5 nitrogen and oxygen atoms in total. The van der Waals surface area contributed by atoms with Crippen LogP contribution in [-0.4, -0.2) is 28.2 Å². The van der Waals surface area contributed by atoms with E-state index in [9.17, 15) is 9.90 Å². The summed E-state index contributed by atoms with van der Waals surface area (Å²) < 4.78 is 6.31. The highest BCUT2D eigenvalue weighted by atomic mass is 35.5. The molecule has 1 fully saturated rings. The van der Waals surface area contributed by atoms with Crippen molar-refractivity contribution in [3.05, 3.63) is 88.4 Å². The van der Waals surface area contributed by atoms with Crippen LogP contribution >= 0.6 is 22.9 Å². The highest BCUT2D eigenvalue weighted by Gasteiger charge is 2.54. The predicted octanol–water partition coefficient (Wildman–Crippen LogP) is 7.97. The van der Waals surface area contributed by atoms with Crippen LogP contribution in [0.4, 0.5) is 5.69 Å². The number of carboxylic acid groups (broad SMARTS) is 1. The van der Waals surface area contributed by atoms with Gasteiger partial charge in [0, 0.05) is 16.9 Å². The largest absolute Gasteiger partial charge is 0.493 e. The van der Waals surface area contributed by atoms with Gasteiger partial charge in [-0.2, -0.15) is 0 Å². The van der Waals surface area contributed by atoms with Crippen molar-refractivity contribution in [3.63, 3.8) is 0 Å². The second kappa shape index (κ2) is 10.5. The number of aromatic nitrogens is 1. The standard InChI is InChI=1S/C32H33ClN2O3S/c1-21(20-38-28-9-15-34-29-26(28)10-16-39-29)17-23-18-22-5-2-3-8-27(22)31(23)11-13-32(14-12-31,30(36)37)35-25-7-4-6-24(33)19-25/h2-10,15-16,19,21,23,35H,11-14,17-18,20H2,1H3,(H,36,37)/t21-,23+,31?,32?/m1/s1. The summed E-state index contributed by atoms with van der Waals surface area (Å²) in [7, 11) is 0. The number of rotatable bonds is 8. The summed E-state index contributed by atoms with van der Waals surface area (Å²) in [6, 6.07) is 20.2. The molecule has 0 radical (unpaired) electrons. The van der Waals surface area contributed by atoms with Gasteiger partial charge in [0.2, 0.25) is 0 Å². The van der Waals surface area contributed by atoms with Crippen LogP contribution in [0.25, 0.3) is 10.2 Å². The van der Waals surface area contributed by atoms with E-state index in [-0.39, 0.29) is 5.41 Å². The van der Waals surface area contributed by atoms with Crippen LogP contribution in [0, 0.1) is 11.8 Å². The van der Waals surface area contributed by atoms with Crippen LogP contribution < -0.4 is 10.1 Å². The summed E-state index contributed by atoms with van der Waals surface area (Å²) in [6.45, 7) is 2.92. The number of halogens is 1. The number of nitrogens with zero attached hydrogens (tertiary/aromatic N) is 1. The van der Waals surface area contributed by atoms with E-state index in [0.29, 0.717) is 36.3 Å². The second-order valence-electron chi connectivity index (χ2n) is 11.3. The molecule has 0 amide bonds. The number of carboxylic acids is 1. The Morgan fingerprint density at radius 2 is 1.97 bits per heavy atom. The van der Waals surface area contributed by atoms with Gasteiger partial charge in [-0.05, 0) is 103 Å². The van der Waals surface area contributed by atoms with Gasteiger partial charge in [0.15, 0.2) is 0 Å². The lowest BCUT2D eigenvalue weighted by atomic mass is 9.59. The number of hydrogen-bond acceptors (Lipinski definition) is 5. The van der Waals surface area contributed by atoms with Crippen LogP contribution in [0.1, 0.15) is 50.2 Å². The summed E-state index contributed by atoms with van der Waals surface area (Å²) in [4.78, 5) is 18.1. The molecule has 2 aromatic carbocycles. The van der Waals surface area contributed by atoms with Gasteiger partial charge in [-0.1, -0.05) is 48.9 Å². The molecule has 0 saturated heterocycles. The smallest absolute Gasteiger partial charge is 0.329 e. The van der Waals surface area contributed by atoms with Gasteiger partial charge >= 0.3 is 5.97 Å². The van der Waals surface area contributed by atoms with Crippen molar-refractivity contribution in [3.8, 4) is 5.75 Å². The molecule has 1 spiro atoms. The number of fused-ring (bicyclic) bond motifs is 3. The van der Waals surface area contributed by atoms with Gasteiger partial charge in [0.25, 0.3) is 0 Å². The van der Waals surface area contributed by atoms with Crippen molar-refractivity contribution in [2.75, 3.05) is 11.9 Å². The highest BCUT2D eigenvalue weighted by molar-refractivity contribution is 7.16. The Kier molecular flexibility index (Phi) is 7.02. The molecule has 2 atom stereocenters. The zero-order chi connectivity index (χ0) is 27.0. The van der Waals surface area contributed by atoms with Crippen molar-refractivity contribution in [1.82, 2.24) is 4.98 Å². The average molecular weight is 561 g/mol. The molecule has 7 heteroatoms. The van der Waals surface area contributed by atoms with Crippen molar-refractivity contribution < 1.29 is 14.6 Å². The topological polar surface area (TPSA) is 71.5 Å². The Morgan fingerprint density at radius 3 is 2.77 bits per heavy atom. The number of aliphatic carboxylic acids is 1. The summed E-state index contributed by atoms with van der Waals surface area (Å²) in [5.41, 5.74) is 2.57. The minimum absolute atomic E-state index is 0.0168. The van der Waals surface area contributed by atoms with Crippen molar-refractivity contribution in [1.29, 1.82) is 0 Å². The Bertz CT molecular complexity index is 1490. The first-order valence-corrected chi connectivity index (χ1v) is 14.9. The Morgan fingerprint density at radius 1 is 1.15 bits per heavy atom. The fourth-order valence-corrected chi connectivity index (χ4v) is 7.91. The molecule has 2 N–H and O–H groups in total. The van der Waals surface area contributed by atoms with Gasteiger partial charge in [-0.15, -0.1) is 11.3 Å². The highest BCUT2D eigenvalue weighted by Crippen LogP contribution is 2.56. The molecule has 2 aliphatic carbocycles. The molecule has 1 saturated carbocycles. The number of hydrogen-bond donors (Lipinski definition) is 2. The van der Waals surface area contributed by atoms with E-state index in [1.165, 1.54) is 11.1 Å². The molecule has 0 aliphatic heterocycles. The fraction of sp³-hybridized carbons (Fsp3) is 0.375. The van der Waals surface area contributed by atoms with Crippen molar-refractivity contribution in [2.45, 2.75) is 56.4 Å². The van der Waals surface area contributed by atoms with E-state index < -0.39 is 11.5 Å². The van der Waals surface area contributed by atoms with Crippen LogP contribution in [0.5, 0.6) is 5.75 Å². The third kappa shape index (κ3) is 4.89. The third-order valence-electron chi connectivity index (χ3n) is 8.95. The van der Waals surface area contributed by atoms with Gasteiger partial charge < -0.3 is 15.2 Å². The van der Waals surface area contributed by atoms with E-state index in [0.717, 1.165) is 47.3 Å². The maximum absolute atomic E-state index is 12.7. The quantitative estimate of drug-likeness (QED) is 0.228. The molecule has 4 aromatic rings. The van der Waals surface area contributed by atoms with Crippen LogP contribution in [-0.2, 0) is 16.6 Å². The first-order valence-electron chi connectivity index (χ1n) is 13.7. The molecule has 2 heterocycles. The van der Waals surface area contributed by atoms with Crippen LogP contribution in [0.3, 0.4) is 0 Å². The molecule has 2 aliphatic rings. The predicted molar refractivity (Wildman–Crippen MR) is 158 cm³/mol. The first-order chi connectivity index (χ1) is 18.9. The zero-order valence-corrected chi connectivity index (χ0v) is 23.6. The van der Waals surface area contributed by atoms with E-state index in [1.807, 2.05) is 24.4 Å². The first kappa shape index (κ1) is 26.1. The van der Waals surface area contributed by atoms with E-state index in [2.05, 4.69) is 52.9 Å². The lowest BCUT2D eigenvalue weighted by molar-refractivity contribution is -0.144. The monoisotopic (exact) mass is 560 g/mol. The van der Waals surface area contributed by atoms with Crippen LogP contribution in [0.2, 0.25) is 5.02 Å². The number of carbonyl (C=O) groups is 1. The third-order valence-corrected chi connectivity index (χ3v) is 10.0. The lowest BCUT2D eigenvalue weighted by Gasteiger charge is -2.47. The fourth-order valence-electron chi connectivity index (χ4n) is 6.97. The van der Waals surface area contributed by atoms with Gasteiger partial charge in [0.05, 0.1) is 12.0 Å². The number of benzene rings is 2. The summed E-state index contributed by atoms with van der Waals surface area (Å²) in [5, 5.41) is 17.5. The number of nitrogens with one attached hydrogen (secondary N) is 1. The number of anilines is 1. The molecule has 2 aromatic heterocycles. The minimum atomic E-state index is -1.00. The maximum atomic E-state index is 12.7. The molecule has 6 rings (SSSR count). The minimum Gasteiger partial charge on any atom is -0.493 e. The molecule has 39 heavy (non-hydrogen) atoms. The van der Waals surface area contributed by atoms with E-state index >= 15 is 0 Å². The SMILES string of the molecule is C[C@@H](COc1ccnc2sccc12)C[C@H]1Cc2ccccc2C12CCC(Nc1cccc(Cl)c1)(C(=O)O)CC2. The van der Waals surface area contributed by atoms with E-state index in [1.54, 1.807) is 23.5 Å². The summed E-state index contributed by atoms with van der Waals surface area (Å²) >= 11 is 7.82. The Hall–Kier alpha value is -3.09. The Labute approximate surface area is 238 Å². The second-order valence-corrected chi connectivity index (χ2v) is 12.7. The van der Waals surface area contributed by atoms with Crippen molar-refractivity contribution in [2.24, 2.45) is 11.8 Å². The molecule has 0 unspecified atom stereocenters. The van der Waals surface area contributed by atoms with Crippen LogP contribution in [0.15, 0.2) is 72.2 Å². The van der Waals surface area contributed by atoms with Gasteiger partial charge in [0.1, 0.15) is 16.1 Å². The number of pyridine rings is 1. The molecule has 202 valence electrons. The molecule has 0 bridgehead atoms. The van der Waals surface area contributed by atoms with Gasteiger partial charge in [-0.25, -0.2) is 9.78 Å². The summed E-state index contributed by atoms with van der Waals surface area (Å²) in [6.07, 6.45) is 6.69. The lowest BCUT2D eigenvalue weighted by Crippen LogP contribution is -2.53. The van der Waals surface area contributed by atoms with Crippen molar-refractivity contribution >= 4 is 44.8 Å².